The van der Waals surface area contributed by atoms with E-state index in [4.69, 9.17) is 0 Å². The monoisotopic (exact) mass is 401 g/mol. The summed E-state index contributed by atoms with van der Waals surface area (Å²) in [6, 6.07) is 8.42. The number of para-hydroxylation sites is 1. The van der Waals surface area contributed by atoms with Crippen molar-refractivity contribution < 1.29 is 14.5 Å². The SMILES string of the molecule is O=C(CN1CCCC[C@H](N/C(=C/[N+](=O)[O-])Nc2ccccc2)C1=O)N1CCCC1. The average molecular weight is 401 g/mol. The zero-order valence-corrected chi connectivity index (χ0v) is 16.4. The highest BCUT2D eigenvalue weighted by Crippen LogP contribution is 2.16. The first-order chi connectivity index (χ1) is 14.0. The van der Waals surface area contributed by atoms with E-state index in [0.29, 0.717) is 18.7 Å². The van der Waals surface area contributed by atoms with Crippen LogP contribution in [0.25, 0.3) is 0 Å². The Hall–Kier alpha value is -3.10. The number of rotatable bonds is 7. The Morgan fingerprint density at radius 2 is 1.83 bits per heavy atom. The normalized spacial score (nSPS) is 20.3. The molecule has 0 radical (unpaired) electrons. The lowest BCUT2D eigenvalue weighted by molar-refractivity contribution is -0.403. The summed E-state index contributed by atoms with van der Waals surface area (Å²) >= 11 is 0. The lowest BCUT2D eigenvalue weighted by atomic mass is 10.1. The Morgan fingerprint density at radius 1 is 1.14 bits per heavy atom. The molecule has 0 aromatic heterocycles. The van der Waals surface area contributed by atoms with Crippen LogP contribution >= 0.6 is 0 Å². The molecule has 3 rings (SSSR count). The van der Waals surface area contributed by atoms with Crippen LogP contribution < -0.4 is 10.6 Å². The molecule has 0 spiro atoms. The van der Waals surface area contributed by atoms with Gasteiger partial charge in [-0.15, -0.1) is 0 Å². The van der Waals surface area contributed by atoms with Gasteiger partial charge in [-0.2, -0.15) is 0 Å². The summed E-state index contributed by atoms with van der Waals surface area (Å²) in [5.74, 6) is -0.0774. The van der Waals surface area contributed by atoms with Crippen molar-refractivity contribution in [1.82, 2.24) is 15.1 Å². The minimum absolute atomic E-state index is 0.0278. The maximum Gasteiger partial charge on any atom is 0.274 e. The summed E-state index contributed by atoms with van der Waals surface area (Å²) in [6.45, 7) is 2.09. The molecule has 0 bridgehead atoms. The summed E-state index contributed by atoms with van der Waals surface area (Å²) in [5, 5.41) is 17.0. The van der Waals surface area contributed by atoms with Gasteiger partial charge in [0.05, 0.1) is 11.5 Å². The molecule has 1 aromatic rings. The highest BCUT2D eigenvalue weighted by Gasteiger charge is 2.30. The molecule has 2 heterocycles. The quantitative estimate of drug-likeness (QED) is 0.533. The third-order valence-corrected chi connectivity index (χ3v) is 5.18. The number of nitrogens with zero attached hydrogens (tertiary/aromatic N) is 3. The third-order valence-electron chi connectivity index (χ3n) is 5.18. The molecular formula is C20H27N5O4. The lowest BCUT2D eigenvalue weighted by Gasteiger charge is -2.27. The number of likely N-dealkylation sites (tertiary alicyclic amines) is 2. The largest absolute Gasteiger partial charge is 0.355 e. The van der Waals surface area contributed by atoms with E-state index in [1.165, 1.54) is 0 Å². The molecule has 2 aliphatic rings. The van der Waals surface area contributed by atoms with Gasteiger partial charge in [-0.1, -0.05) is 18.2 Å². The predicted molar refractivity (Wildman–Crippen MR) is 108 cm³/mol. The van der Waals surface area contributed by atoms with Gasteiger partial charge in [0.25, 0.3) is 6.20 Å². The summed E-state index contributed by atoms with van der Waals surface area (Å²) < 4.78 is 0. The fourth-order valence-electron chi connectivity index (χ4n) is 3.70. The van der Waals surface area contributed by atoms with Crippen molar-refractivity contribution >= 4 is 17.5 Å². The van der Waals surface area contributed by atoms with Gasteiger partial charge in [0, 0.05) is 25.3 Å². The van der Waals surface area contributed by atoms with Crippen LogP contribution in [0.4, 0.5) is 5.69 Å². The van der Waals surface area contributed by atoms with Crippen molar-refractivity contribution in [1.29, 1.82) is 0 Å². The van der Waals surface area contributed by atoms with Crippen molar-refractivity contribution in [3.05, 3.63) is 52.5 Å². The molecule has 29 heavy (non-hydrogen) atoms. The van der Waals surface area contributed by atoms with Gasteiger partial charge >= 0.3 is 0 Å². The van der Waals surface area contributed by atoms with Crippen LogP contribution in [-0.2, 0) is 9.59 Å². The van der Waals surface area contributed by atoms with Crippen molar-refractivity contribution in [3.63, 3.8) is 0 Å². The van der Waals surface area contributed by atoms with Gasteiger partial charge in [0.2, 0.25) is 11.8 Å². The number of anilines is 1. The van der Waals surface area contributed by atoms with Crippen LogP contribution in [0, 0.1) is 10.1 Å². The molecule has 0 aliphatic carbocycles. The number of benzene rings is 1. The number of hydrogen-bond acceptors (Lipinski definition) is 6. The maximum atomic E-state index is 13.0. The first-order valence-corrected chi connectivity index (χ1v) is 10.0. The zero-order valence-electron chi connectivity index (χ0n) is 16.4. The molecular weight excluding hydrogens is 374 g/mol. The van der Waals surface area contributed by atoms with Crippen LogP contribution in [0.15, 0.2) is 42.4 Å². The van der Waals surface area contributed by atoms with Crippen molar-refractivity contribution in [2.24, 2.45) is 0 Å². The van der Waals surface area contributed by atoms with Crippen molar-refractivity contribution in [2.75, 3.05) is 31.5 Å². The number of hydrogen-bond donors (Lipinski definition) is 2. The molecule has 2 amide bonds. The van der Waals surface area contributed by atoms with Gasteiger partial charge in [-0.3, -0.25) is 19.7 Å². The Morgan fingerprint density at radius 3 is 2.52 bits per heavy atom. The molecule has 2 fully saturated rings. The smallest absolute Gasteiger partial charge is 0.274 e. The molecule has 1 atom stereocenters. The fraction of sp³-hybridized carbons (Fsp3) is 0.500. The maximum absolute atomic E-state index is 13.0. The Bertz CT molecular complexity index is 761. The number of nitro groups is 1. The second-order valence-electron chi connectivity index (χ2n) is 7.36. The Kier molecular flexibility index (Phi) is 7.04. The third kappa shape index (κ3) is 5.94. The molecule has 1 aromatic carbocycles. The van der Waals surface area contributed by atoms with Crippen LogP contribution in [-0.4, -0.2) is 58.8 Å². The van der Waals surface area contributed by atoms with Gasteiger partial charge in [-0.25, -0.2) is 0 Å². The van der Waals surface area contributed by atoms with E-state index in [1.807, 2.05) is 18.2 Å². The van der Waals surface area contributed by atoms with E-state index >= 15 is 0 Å². The summed E-state index contributed by atoms with van der Waals surface area (Å²) in [4.78, 5) is 39.4. The number of amides is 2. The van der Waals surface area contributed by atoms with Gasteiger partial charge in [0.15, 0.2) is 5.82 Å². The predicted octanol–water partition coefficient (Wildman–Crippen LogP) is 1.77. The standard InChI is InChI=1S/C20H27N5O4/c26-19(23-11-6-7-12-23)15-24-13-5-4-10-17(20(24)27)22-18(14-25(28)29)21-16-8-2-1-3-9-16/h1-3,8-9,14,17,21-22H,4-7,10-13,15H2/b18-14+/t17-/m0/s1. The van der Waals surface area contributed by atoms with E-state index in [-0.39, 0.29) is 24.2 Å². The molecule has 2 saturated heterocycles. The van der Waals surface area contributed by atoms with E-state index in [2.05, 4.69) is 10.6 Å². The highest BCUT2D eigenvalue weighted by atomic mass is 16.6. The highest BCUT2D eigenvalue weighted by molar-refractivity contribution is 5.88. The van der Waals surface area contributed by atoms with Gasteiger partial charge in [-0.05, 0) is 44.2 Å². The molecule has 2 aliphatic heterocycles. The van der Waals surface area contributed by atoms with Gasteiger partial charge < -0.3 is 20.4 Å². The zero-order chi connectivity index (χ0) is 20.6. The molecule has 156 valence electrons. The average Bonchev–Trinajstić information content (AvgIpc) is 3.18. The van der Waals surface area contributed by atoms with E-state index in [0.717, 1.165) is 45.0 Å². The van der Waals surface area contributed by atoms with E-state index in [1.54, 1.807) is 21.9 Å². The van der Waals surface area contributed by atoms with E-state index < -0.39 is 11.0 Å². The van der Waals surface area contributed by atoms with Crippen molar-refractivity contribution in [2.45, 2.75) is 38.1 Å². The van der Waals surface area contributed by atoms with Crippen LogP contribution in [0.1, 0.15) is 32.1 Å². The topological polar surface area (TPSA) is 108 Å². The lowest BCUT2D eigenvalue weighted by Crippen LogP contribution is -2.49. The molecule has 0 saturated carbocycles. The summed E-state index contributed by atoms with van der Waals surface area (Å²) in [6.07, 6.45) is 4.99. The van der Waals surface area contributed by atoms with Crippen LogP contribution in [0.3, 0.4) is 0 Å². The van der Waals surface area contributed by atoms with Crippen molar-refractivity contribution in [3.8, 4) is 0 Å². The minimum Gasteiger partial charge on any atom is -0.355 e. The first-order valence-electron chi connectivity index (χ1n) is 10.0. The summed E-state index contributed by atoms with van der Waals surface area (Å²) in [5.41, 5.74) is 0.676. The molecule has 0 unspecified atom stereocenters. The first kappa shape index (κ1) is 20.6. The molecule has 9 nitrogen and oxygen atoms in total. The Labute approximate surface area is 169 Å². The molecule has 2 N–H and O–H groups in total. The summed E-state index contributed by atoms with van der Waals surface area (Å²) in [7, 11) is 0. The number of carbonyl (C=O) groups excluding carboxylic acids is 2. The van der Waals surface area contributed by atoms with Crippen LogP contribution in [0.2, 0.25) is 0 Å². The van der Waals surface area contributed by atoms with Crippen LogP contribution in [0.5, 0.6) is 0 Å². The Balaban J connectivity index is 1.68. The second kappa shape index (κ2) is 9.90. The van der Waals surface area contributed by atoms with Gasteiger partial charge in [0.1, 0.15) is 6.04 Å². The fourth-order valence-corrected chi connectivity index (χ4v) is 3.70. The van der Waals surface area contributed by atoms with E-state index in [9.17, 15) is 19.7 Å². The minimum atomic E-state index is -0.619. The number of carbonyl (C=O) groups is 2. The molecule has 9 heteroatoms. The number of nitrogens with one attached hydrogen (secondary N) is 2. The second-order valence-corrected chi connectivity index (χ2v) is 7.36.